The molecular weight excluding hydrogens is 164 g/mol. The van der Waals surface area contributed by atoms with Gasteiger partial charge in [-0.05, 0) is 36.6 Å². The maximum absolute atomic E-state index is 11.2. The van der Waals surface area contributed by atoms with Crippen molar-refractivity contribution < 1.29 is 9.53 Å². The zero-order valence-electron chi connectivity index (χ0n) is 8.26. The normalized spacial score (nSPS) is 9.77. The maximum Gasteiger partial charge on any atom is 0.337 e. The number of esters is 1. The molecule has 13 heavy (non-hydrogen) atoms. The SMILES string of the molecule is CCc1cc(C(=O)OC)ccc1C. The van der Waals surface area contributed by atoms with Crippen molar-refractivity contribution >= 4 is 5.97 Å². The molecule has 0 radical (unpaired) electrons. The third-order valence-corrected chi connectivity index (χ3v) is 2.15. The molecule has 0 heterocycles. The van der Waals surface area contributed by atoms with E-state index in [2.05, 4.69) is 11.7 Å². The van der Waals surface area contributed by atoms with Gasteiger partial charge in [-0.3, -0.25) is 0 Å². The molecule has 0 spiro atoms. The lowest BCUT2D eigenvalue weighted by molar-refractivity contribution is 0.0600. The minimum atomic E-state index is -0.269. The summed E-state index contributed by atoms with van der Waals surface area (Å²) < 4.78 is 4.64. The van der Waals surface area contributed by atoms with Gasteiger partial charge in [0, 0.05) is 0 Å². The predicted molar refractivity (Wildman–Crippen MR) is 51.9 cm³/mol. The van der Waals surface area contributed by atoms with E-state index in [1.165, 1.54) is 18.2 Å². The summed E-state index contributed by atoms with van der Waals surface area (Å²) >= 11 is 0. The van der Waals surface area contributed by atoms with Crippen LogP contribution < -0.4 is 0 Å². The van der Waals surface area contributed by atoms with Crippen LogP contribution in [0.2, 0.25) is 0 Å². The lowest BCUT2D eigenvalue weighted by atomic mass is 10.0. The first-order valence-electron chi connectivity index (χ1n) is 4.37. The van der Waals surface area contributed by atoms with Crippen molar-refractivity contribution in [1.29, 1.82) is 0 Å². The summed E-state index contributed by atoms with van der Waals surface area (Å²) in [7, 11) is 1.40. The highest BCUT2D eigenvalue weighted by molar-refractivity contribution is 5.89. The van der Waals surface area contributed by atoms with Crippen LogP contribution in [0, 0.1) is 6.92 Å². The van der Waals surface area contributed by atoms with Crippen molar-refractivity contribution in [3.05, 3.63) is 34.9 Å². The van der Waals surface area contributed by atoms with Gasteiger partial charge in [-0.25, -0.2) is 4.79 Å². The molecule has 1 rings (SSSR count). The van der Waals surface area contributed by atoms with E-state index in [9.17, 15) is 4.79 Å². The van der Waals surface area contributed by atoms with Gasteiger partial charge >= 0.3 is 5.97 Å². The van der Waals surface area contributed by atoms with Gasteiger partial charge in [0.15, 0.2) is 0 Å². The number of methoxy groups -OCH3 is 1. The number of carbonyl (C=O) groups excluding carboxylic acids is 1. The maximum atomic E-state index is 11.2. The zero-order chi connectivity index (χ0) is 9.84. The molecule has 0 aromatic heterocycles. The number of carbonyl (C=O) groups is 1. The minimum absolute atomic E-state index is 0.269. The van der Waals surface area contributed by atoms with E-state index in [-0.39, 0.29) is 5.97 Å². The van der Waals surface area contributed by atoms with Crippen molar-refractivity contribution in [1.82, 2.24) is 0 Å². The Bertz CT molecular complexity index is 316. The van der Waals surface area contributed by atoms with Gasteiger partial charge in [-0.15, -0.1) is 0 Å². The van der Waals surface area contributed by atoms with E-state index in [4.69, 9.17) is 0 Å². The molecular formula is C11H14O2. The Morgan fingerprint density at radius 2 is 2.15 bits per heavy atom. The predicted octanol–water partition coefficient (Wildman–Crippen LogP) is 2.34. The van der Waals surface area contributed by atoms with Gasteiger partial charge in [0.05, 0.1) is 12.7 Å². The van der Waals surface area contributed by atoms with E-state index in [1.807, 2.05) is 19.1 Å². The minimum Gasteiger partial charge on any atom is -0.465 e. The van der Waals surface area contributed by atoms with Crippen molar-refractivity contribution in [2.45, 2.75) is 20.3 Å². The van der Waals surface area contributed by atoms with E-state index >= 15 is 0 Å². The van der Waals surface area contributed by atoms with Gasteiger partial charge < -0.3 is 4.74 Å². The van der Waals surface area contributed by atoms with Gasteiger partial charge in [0.1, 0.15) is 0 Å². The second kappa shape index (κ2) is 4.08. The van der Waals surface area contributed by atoms with Crippen LogP contribution in [-0.2, 0) is 11.2 Å². The second-order valence-corrected chi connectivity index (χ2v) is 2.99. The fraction of sp³-hybridized carbons (Fsp3) is 0.364. The van der Waals surface area contributed by atoms with Crippen molar-refractivity contribution in [2.24, 2.45) is 0 Å². The lowest BCUT2D eigenvalue weighted by Gasteiger charge is -2.05. The van der Waals surface area contributed by atoms with Crippen LogP contribution in [-0.4, -0.2) is 13.1 Å². The highest BCUT2D eigenvalue weighted by Gasteiger charge is 2.06. The van der Waals surface area contributed by atoms with Crippen LogP contribution in [0.3, 0.4) is 0 Å². The monoisotopic (exact) mass is 178 g/mol. The summed E-state index contributed by atoms with van der Waals surface area (Å²) in [5.74, 6) is -0.269. The molecule has 0 aliphatic carbocycles. The summed E-state index contributed by atoms with van der Waals surface area (Å²) in [6.07, 6.45) is 0.941. The number of ether oxygens (including phenoxy) is 1. The topological polar surface area (TPSA) is 26.3 Å². The molecule has 0 unspecified atom stereocenters. The number of benzene rings is 1. The van der Waals surface area contributed by atoms with Crippen LogP contribution in [0.25, 0.3) is 0 Å². The van der Waals surface area contributed by atoms with E-state index in [1.54, 1.807) is 6.07 Å². The fourth-order valence-electron chi connectivity index (χ4n) is 1.30. The van der Waals surface area contributed by atoms with Gasteiger partial charge in [0.25, 0.3) is 0 Å². The van der Waals surface area contributed by atoms with Crippen molar-refractivity contribution in [3.8, 4) is 0 Å². The van der Waals surface area contributed by atoms with Gasteiger partial charge in [-0.1, -0.05) is 13.0 Å². The highest BCUT2D eigenvalue weighted by atomic mass is 16.5. The Morgan fingerprint density at radius 3 is 2.69 bits per heavy atom. The molecule has 0 N–H and O–H groups in total. The number of aryl methyl sites for hydroxylation is 2. The molecule has 0 aliphatic heterocycles. The smallest absolute Gasteiger partial charge is 0.337 e. The molecule has 0 atom stereocenters. The summed E-state index contributed by atoms with van der Waals surface area (Å²) in [6, 6.07) is 5.63. The molecule has 2 heteroatoms. The molecule has 0 saturated carbocycles. The molecule has 0 bridgehead atoms. The van der Waals surface area contributed by atoms with Crippen LogP contribution in [0.5, 0.6) is 0 Å². The molecule has 1 aromatic rings. The van der Waals surface area contributed by atoms with Crippen LogP contribution in [0.1, 0.15) is 28.4 Å². The molecule has 0 aliphatic rings. The molecule has 70 valence electrons. The van der Waals surface area contributed by atoms with Gasteiger partial charge in [-0.2, -0.15) is 0 Å². The Balaban J connectivity index is 3.06. The standard InChI is InChI=1S/C11H14O2/c1-4-9-7-10(11(12)13-3)6-5-8(9)2/h5-7H,4H2,1-3H3. The average Bonchev–Trinajstić information content (AvgIpc) is 2.17. The number of hydrogen-bond acceptors (Lipinski definition) is 2. The molecule has 2 nitrogen and oxygen atoms in total. The molecule has 0 saturated heterocycles. The lowest BCUT2D eigenvalue weighted by Crippen LogP contribution is -2.02. The first-order valence-corrected chi connectivity index (χ1v) is 4.37. The number of hydrogen-bond donors (Lipinski definition) is 0. The quantitative estimate of drug-likeness (QED) is 0.650. The first-order chi connectivity index (χ1) is 6.19. The summed E-state index contributed by atoms with van der Waals surface area (Å²) in [6.45, 7) is 4.11. The molecule has 1 aromatic carbocycles. The third kappa shape index (κ3) is 2.08. The average molecular weight is 178 g/mol. The van der Waals surface area contributed by atoms with Gasteiger partial charge in [0.2, 0.25) is 0 Å². The van der Waals surface area contributed by atoms with Crippen molar-refractivity contribution in [2.75, 3.05) is 7.11 Å². The van der Waals surface area contributed by atoms with Crippen molar-refractivity contribution in [3.63, 3.8) is 0 Å². The second-order valence-electron chi connectivity index (χ2n) is 2.99. The van der Waals surface area contributed by atoms with E-state index in [0.717, 1.165) is 6.42 Å². The van der Waals surface area contributed by atoms with Crippen LogP contribution in [0.4, 0.5) is 0 Å². The third-order valence-electron chi connectivity index (χ3n) is 2.15. The molecule has 0 amide bonds. The Labute approximate surface area is 78.5 Å². The Morgan fingerprint density at radius 1 is 1.46 bits per heavy atom. The zero-order valence-corrected chi connectivity index (χ0v) is 8.26. The first kappa shape index (κ1) is 9.78. The van der Waals surface area contributed by atoms with E-state index in [0.29, 0.717) is 5.56 Å². The van der Waals surface area contributed by atoms with Crippen LogP contribution in [0.15, 0.2) is 18.2 Å². The van der Waals surface area contributed by atoms with E-state index < -0.39 is 0 Å². The Kier molecular flexibility index (Phi) is 3.07. The Hall–Kier alpha value is -1.31. The fourth-order valence-corrected chi connectivity index (χ4v) is 1.30. The summed E-state index contributed by atoms with van der Waals surface area (Å²) in [5, 5.41) is 0. The van der Waals surface area contributed by atoms with Crippen LogP contribution >= 0.6 is 0 Å². The highest BCUT2D eigenvalue weighted by Crippen LogP contribution is 2.12. The summed E-state index contributed by atoms with van der Waals surface area (Å²) in [4.78, 5) is 11.2. The number of rotatable bonds is 2. The summed E-state index contributed by atoms with van der Waals surface area (Å²) in [5.41, 5.74) is 3.04. The molecule has 0 fully saturated rings. The largest absolute Gasteiger partial charge is 0.465 e.